The summed E-state index contributed by atoms with van der Waals surface area (Å²) in [5.74, 6) is 2.04. The number of likely N-dealkylation sites (N-methyl/N-ethyl adjacent to an activating group) is 1. The number of amides is 1. The second kappa shape index (κ2) is 10.6. The van der Waals surface area contributed by atoms with Crippen LogP contribution < -0.4 is 16.0 Å². The van der Waals surface area contributed by atoms with Gasteiger partial charge >= 0.3 is 0 Å². The van der Waals surface area contributed by atoms with Crippen LogP contribution in [0, 0.1) is 11.8 Å². The van der Waals surface area contributed by atoms with Gasteiger partial charge in [0.25, 0.3) is 5.91 Å². The van der Waals surface area contributed by atoms with Crippen molar-refractivity contribution in [1.29, 1.82) is 0 Å². The summed E-state index contributed by atoms with van der Waals surface area (Å²) in [5, 5.41) is 4.10. The van der Waals surface area contributed by atoms with Crippen molar-refractivity contribution in [2.24, 2.45) is 17.6 Å². The number of benzene rings is 1. The maximum absolute atomic E-state index is 13.2. The number of nitrogens with one attached hydrogen (secondary N) is 1. The average molecular weight is 440 g/mol. The van der Waals surface area contributed by atoms with E-state index in [1.54, 1.807) is 0 Å². The first kappa shape index (κ1) is 23.0. The van der Waals surface area contributed by atoms with E-state index >= 15 is 0 Å². The SMILES string of the molecule is CN(C)CCOC1CN(c2cc(C(=O)NCC3CCC(CN)CC3)c3ccccc3n2)C1. The second-order valence-electron chi connectivity index (χ2n) is 9.58. The van der Waals surface area contributed by atoms with E-state index in [2.05, 4.69) is 15.1 Å². The normalized spacial score (nSPS) is 21.7. The number of carbonyl (C=O) groups is 1. The van der Waals surface area contributed by atoms with Gasteiger partial charge in [0.2, 0.25) is 0 Å². The Bertz CT molecular complexity index is 904. The number of nitrogens with zero attached hydrogens (tertiary/aromatic N) is 3. The van der Waals surface area contributed by atoms with Crippen LogP contribution in [0.15, 0.2) is 30.3 Å². The summed E-state index contributed by atoms with van der Waals surface area (Å²) in [5.41, 5.74) is 7.37. The van der Waals surface area contributed by atoms with Crippen LogP contribution in [-0.2, 0) is 4.74 Å². The fourth-order valence-electron chi connectivity index (χ4n) is 4.65. The molecule has 1 aliphatic heterocycles. The minimum absolute atomic E-state index is 0.00916. The lowest BCUT2D eigenvalue weighted by atomic mass is 9.82. The van der Waals surface area contributed by atoms with Crippen LogP contribution >= 0.6 is 0 Å². The van der Waals surface area contributed by atoms with Gasteiger partial charge in [-0.15, -0.1) is 0 Å². The van der Waals surface area contributed by atoms with Crippen LogP contribution in [0.4, 0.5) is 5.82 Å². The van der Waals surface area contributed by atoms with E-state index in [4.69, 9.17) is 15.5 Å². The highest BCUT2D eigenvalue weighted by Gasteiger charge is 2.29. The molecule has 0 bridgehead atoms. The number of hydrogen-bond donors (Lipinski definition) is 2. The minimum atomic E-state index is -0.00916. The second-order valence-corrected chi connectivity index (χ2v) is 9.58. The van der Waals surface area contributed by atoms with E-state index in [9.17, 15) is 4.79 Å². The quantitative estimate of drug-likeness (QED) is 0.625. The van der Waals surface area contributed by atoms with Gasteiger partial charge < -0.3 is 25.6 Å². The summed E-state index contributed by atoms with van der Waals surface area (Å²) in [6.07, 6.45) is 4.86. The third kappa shape index (κ3) is 5.57. The fourth-order valence-corrected chi connectivity index (χ4v) is 4.65. The van der Waals surface area contributed by atoms with Gasteiger partial charge in [-0.05, 0) is 70.3 Å². The van der Waals surface area contributed by atoms with Crippen molar-refractivity contribution in [2.75, 3.05) is 58.3 Å². The molecule has 0 spiro atoms. The maximum atomic E-state index is 13.2. The summed E-state index contributed by atoms with van der Waals surface area (Å²) < 4.78 is 5.93. The summed E-state index contributed by atoms with van der Waals surface area (Å²) in [6.45, 7) is 4.78. The highest BCUT2D eigenvalue weighted by Crippen LogP contribution is 2.29. The molecule has 2 aliphatic rings. The van der Waals surface area contributed by atoms with Crippen LogP contribution in [0.1, 0.15) is 36.0 Å². The Morgan fingerprint density at radius 3 is 2.62 bits per heavy atom. The average Bonchev–Trinajstić information content (AvgIpc) is 2.78. The third-order valence-corrected chi connectivity index (χ3v) is 6.86. The number of para-hydroxylation sites is 1. The minimum Gasteiger partial charge on any atom is -0.373 e. The van der Waals surface area contributed by atoms with Crippen LogP contribution in [-0.4, -0.2) is 75.3 Å². The predicted octanol–water partition coefficient (Wildman–Crippen LogP) is 2.50. The highest BCUT2D eigenvalue weighted by atomic mass is 16.5. The van der Waals surface area contributed by atoms with E-state index in [1.165, 1.54) is 12.8 Å². The van der Waals surface area contributed by atoms with E-state index in [0.717, 1.165) is 68.9 Å². The Kier molecular flexibility index (Phi) is 7.60. The number of carbonyl (C=O) groups excluding carboxylic acids is 1. The molecular weight excluding hydrogens is 402 g/mol. The Hall–Kier alpha value is -2.22. The maximum Gasteiger partial charge on any atom is 0.252 e. The predicted molar refractivity (Wildman–Crippen MR) is 129 cm³/mol. The zero-order chi connectivity index (χ0) is 22.5. The molecule has 3 N–H and O–H groups in total. The van der Waals surface area contributed by atoms with Crippen LogP contribution in [0.25, 0.3) is 10.9 Å². The molecule has 1 aromatic heterocycles. The summed E-state index contributed by atoms with van der Waals surface area (Å²) >= 11 is 0. The molecule has 1 saturated heterocycles. The molecular formula is C25H37N5O2. The molecule has 2 fully saturated rings. The molecule has 1 aromatic carbocycles. The molecule has 7 nitrogen and oxygen atoms in total. The summed E-state index contributed by atoms with van der Waals surface area (Å²) in [7, 11) is 4.10. The zero-order valence-corrected chi connectivity index (χ0v) is 19.4. The van der Waals surface area contributed by atoms with E-state index in [0.29, 0.717) is 17.4 Å². The molecule has 174 valence electrons. The topological polar surface area (TPSA) is 83.7 Å². The van der Waals surface area contributed by atoms with Crippen molar-refractivity contribution in [1.82, 2.24) is 15.2 Å². The van der Waals surface area contributed by atoms with Gasteiger partial charge in [-0.1, -0.05) is 18.2 Å². The first-order chi connectivity index (χ1) is 15.5. The molecule has 0 atom stereocenters. The number of anilines is 1. The monoisotopic (exact) mass is 439 g/mol. The Morgan fingerprint density at radius 2 is 1.91 bits per heavy atom. The first-order valence-electron chi connectivity index (χ1n) is 11.9. The van der Waals surface area contributed by atoms with E-state index < -0.39 is 0 Å². The number of pyridine rings is 1. The van der Waals surface area contributed by atoms with Gasteiger partial charge in [0.15, 0.2) is 0 Å². The Balaban J connectivity index is 1.39. The molecule has 2 heterocycles. The molecule has 1 amide bonds. The number of nitrogens with two attached hydrogens (primary N) is 1. The number of aromatic nitrogens is 1. The molecule has 32 heavy (non-hydrogen) atoms. The number of fused-ring (bicyclic) bond motifs is 1. The summed E-state index contributed by atoms with van der Waals surface area (Å²) in [4.78, 5) is 22.3. The van der Waals surface area contributed by atoms with Gasteiger partial charge in [-0.25, -0.2) is 4.98 Å². The smallest absolute Gasteiger partial charge is 0.252 e. The zero-order valence-electron chi connectivity index (χ0n) is 19.4. The van der Waals surface area contributed by atoms with Crippen LogP contribution in [0.5, 0.6) is 0 Å². The molecule has 2 aromatic rings. The lowest BCUT2D eigenvalue weighted by Gasteiger charge is -2.40. The van der Waals surface area contributed by atoms with Crippen molar-refractivity contribution in [3.8, 4) is 0 Å². The van der Waals surface area contributed by atoms with Crippen molar-refractivity contribution < 1.29 is 9.53 Å². The Morgan fingerprint density at radius 1 is 1.19 bits per heavy atom. The molecule has 1 saturated carbocycles. The van der Waals surface area contributed by atoms with Gasteiger partial charge in [-0.3, -0.25) is 4.79 Å². The van der Waals surface area contributed by atoms with E-state index in [1.807, 2.05) is 44.4 Å². The Labute approximate surface area is 191 Å². The number of rotatable bonds is 9. The molecule has 4 rings (SSSR count). The lowest BCUT2D eigenvalue weighted by Crippen LogP contribution is -2.53. The van der Waals surface area contributed by atoms with Crippen molar-refractivity contribution in [3.05, 3.63) is 35.9 Å². The van der Waals surface area contributed by atoms with Crippen molar-refractivity contribution in [2.45, 2.75) is 31.8 Å². The third-order valence-electron chi connectivity index (χ3n) is 6.86. The van der Waals surface area contributed by atoms with Gasteiger partial charge in [0.05, 0.1) is 23.8 Å². The van der Waals surface area contributed by atoms with Crippen molar-refractivity contribution in [3.63, 3.8) is 0 Å². The van der Waals surface area contributed by atoms with Crippen LogP contribution in [0.2, 0.25) is 0 Å². The first-order valence-corrected chi connectivity index (χ1v) is 11.9. The summed E-state index contributed by atoms with van der Waals surface area (Å²) in [6, 6.07) is 9.84. The van der Waals surface area contributed by atoms with Crippen LogP contribution in [0.3, 0.4) is 0 Å². The van der Waals surface area contributed by atoms with E-state index in [-0.39, 0.29) is 12.0 Å². The molecule has 0 radical (unpaired) electrons. The molecule has 7 heteroatoms. The largest absolute Gasteiger partial charge is 0.373 e. The number of hydrogen-bond acceptors (Lipinski definition) is 6. The van der Waals surface area contributed by atoms with Crippen molar-refractivity contribution >= 4 is 22.6 Å². The molecule has 0 unspecified atom stereocenters. The van der Waals surface area contributed by atoms with Gasteiger partial charge in [0, 0.05) is 31.6 Å². The molecule has 1 aliphatic carbocycles. The highest BCUT2D eigenvalue weighted by molar-refractivity contribution is 6.07. The van der Waals surface area contributed by atoms with Gasteiger partial charge in [0.1, 0.15) is 5.82 Å². The standard InChI is InChI=1S/C25H37N5O2/c1-29(2)11-12-32-20-16-30(17-20)24-13-22(21-5-3-4-6-23(21)28-24)25(31)27-15-19-9-7-18(14-26)8-10-19/h3-6,13,18-20H,7-12,14-17,26H2,1-2H3,(H,27,31). The fraction of sp³-hybridized carbons (Fsp3) is 0.600. The lowest BCUT2D eigenvalue weighted by molar-refractivity contribution is 0.0265. The van der Waals surface area contributed by atoms with Gasteiger partial charge in [-0.2, -0.15) is 0 Å². The number of ether oxygens (including phenoxy) is 1.